The normalized spacial score (nSPS) is 12.5. The number of carboxylic acid groups (broad SMARTS) is 1. The molecule has 1 rings (SSSR count). The van der Waals surface area contributed by atoms with Gasteiger partial charge >= 0.3 is 5.97 Å². The molecular formula is C12H16O4. The first-order chi connectivity index (χ1) is 7.54. The van der Waals surface area contributed by atoms with E-state index in [1.807, 2.05) is 13.8 Å². The van der Waals surface area contributed by atoms with Gasteiger partial charge in [0.1, 0.15) is 5.75 Å². The molecule has 0 saturated carbocycles. The average molecular weight is 224 g/mol. The highest BCUT2D eigenvalue weighted by Gasteiger charge is 2.19. The minimum absolute atomic E-state index is 0.0565. The van der Waals surface area contributed by atoms with Crippen LogP contribution in [0.3, 0.4) is 0 Å². The van der Waals surface area contributed by atoms with Crippen molar-refractivity contribution in [3.8, 4) is 5.75 Å². The molecule has 0 aromatic heterocycles. The summed E-state index contributed by atoms with van der Waals surface area (Å²) in [6.07, 6.45) is -0.892. The lowest BCUT2D eigenvalue weighted by atomic mass is 10.1. The SMILES string of the molecule is COC(C(=O)O)c1cccc(OC(C)C)c1. The number of rotatable bonds is 5. The maximum absolute atomic E-state index is 10.9. The van der Waals surface area contributed by atoms with Gasteiger partial charge in [-0.2, -0.15) is 0 Å². The molecule has 4 heteroatoms. The summed E-state index contributed by atoms with van der Waals surface area (Å²) in [5, 5.41) is 8.93. The third-order valence-electron chi connectivity index (χ3n) is 1.99. The first kappa shape index (κ1) is 12.5. The molecule has 1 N–H and O–H groups in total. The number of ether oxygens (including phenoxy) is 2. The molecule has 0 aliphatic rings. The second-order valence-corrected chi connectivity index (χ2v) is 3.69. The Kier molecular flexibility index (Phi) is 4.31. The molecule has 88 valence electrons. The van der Waals surface area contributed by atoms with Gasteiger partial charge in [-0.1, -0.05) is 12.1 Å². The predicted molar refractivity (Wildman–Crippen MR) is 59.6 cm³/mol. The molecule has 4 nitrogen and oxygen atoms in total. The van der Waals surface area contributed by atoms with Crippen molar-refractivity contribution in [2.75, 3.05) is 7.11 Å². The Morgan fingerprint density at radius 3 is 2.56 bits per heavy atom. The van der Waals surface area contributed by atoms with Crippen molar-refractivity contribution in [3.05, 3.63) is 29.8 Å². The van der Waals surface area contributed by atoms with Crippen molar-refractivity contribution in [1.29, 1.82) is 0 Å². The van der Waals surface area contributed by atoms with Crippen LogP contribution in [0.1, 0.15) is 25.5 Å². The molecule has 0 radical (unpaired) electrons. The van der Waals surface area contributed by atoms with Crippen molar-refractivity contribution in [1.82, 2.24) is 0 Å². The van der Waals surface area contributed by atoms with Crippen LogP contribution >= 0.6 is 0 Å². The van der Waals surface area contributed by atoms with Crippen molar-refractivity contribution >= 4 is 5.97 Å². The second kappa shape index (κ2) is 5.51. The maximum atomic E-state index is 10.9. The molecule has 0 amide bonds. The quantitative estimate of drug-likeness (QED) is 0.833. The van der Waals surface area contributed by atoms with E-state index in [1.54, 1.807) is 24.3 Å². The number of carboxylic acids is 1. The monoisotopic (exact) mass is 224 g/mol. The molecule has 0 aliphatic carbocycles. The lowest BCUT2D eigenvalue weighted by Gasteiger charge is -2.14. The molecule has 0 fully saturated rings. The Bertz CT molecular complexity index is 360. The summed E-state index contributed by atoms with van der Waals surface area (Å²) in [5.41, 5.74) is 0.577. The molecule has 1 aromatic carbocycles. The van der Waals surface area contributed by atoms with Crippen LogP contribution in [0, 0.1) is 0 Å². The number of benzene rings is 1. The van der Waals surface area contributed by atoms with E-state index in [1.165, 1.54) is 7.11 Å². The molecule has 1 atom stereocenters. The van der Waals surface area contributed by atoms with Crippen molar-refractivity contribution in [2.45, 2.75) is 26.1 Å². The number of hydrogen-bond acceptors (Lipinski definition) is 3. The average Bonchev–Trinajstić information content (AvgIpc) is 2.17. The van der Waals surface area contributed by atoms with Gasteiger partial charge in [-0.05, 0) is 31.5 Å². The smallest absolute Gasteiger partial charge is 0.337 e. The third kappa shape index (κ3) is 3.24. The van der Waals surface area contributed by atoms with Crippen LogP contribution in [0.25, 0.3) is 0 Å². The van der Waals surface area contributed by atoms with Gasteiger partial charge in [-0.15, -0.1) is 0 Å². The number of aliphatic carboxylic acids is 1. The van der Waals surface area contributed by atoms with E-state index in [2.05, 4.69) is 0 Å². The molecule has 0 heterocycles. The fourth-order valence-electron chi connectivity index (χ4n) is 1.40. The maximum Gasteiger partial charge on any atom is 0.337 e. The Labute approximate surface area is 94.8 Å². The van der Waals surface area contributed by atoms with Gasteiger partial charge in [0.05, 0.1) is 6.10 Å². The van der Waals surface area contributed by atoms with E-state index in [0.717, 1.165) is 0 Å². The van der Waals surface area contributed by atoms with Crippen molar-refractivity contribution < 1.29 is 19.4 Å². The molecule has 0 spiro atoms. The van der Waals surface area contributed by atoms with E-state index < -0.39 is 12.1 Å². The molecule has 1 aromatic rings. The Morgan fingerprint density at radius 1 is 1.38 bits per heavy atom. The summed E-state index contributed by atoms with van der Waals surface area (Å²) in [5.74, 6) is -0.361. The van der Waals surface area contributed by atoms with E-state index in [9.17, 15) is 4.79 Å². The first-order valence-corrected chi connectivity index (χ1v) is 5.06. The third-order valence-corrected chi connectivity index (χ3v) is 1.99. The number of carbonyl (C=O) groups is 1. The largest absolute Gasteiger partial charge is 0.491 e. The topological polar surface area (TPSA) is 55.8 Å². The minimum atomic E-state index is -1.01. The van der Waals surface area contributed by atoms with Gasteiger partial charge in [0.15, 0.2) is 6.10 Å². The molecule has 0 aliphatic heterocycles. The van der Waals surface area contributed by atoms with Crippen LogP contribution in [0.2, 0.25) is 0 Å². The fraction of sp³-hybridized carbons (Fsp3) is 0.417. The van der Waals surface area contributed by atoms with Gasteiger partial charge in [0, 0.05) is 7.11 Å². The zero-order valence-electron chi connectivity index (χ0n) is 9.64. The van der Waals surface area contributed by atoms with Crippen molar-refractivity contribution in [3.63, 3.8) is 0 Å². The Hall–Kier alpha value is -1.55. The number of methoxy groups -OCH3 is 1. The molecule has 1 unspecified atom stereocenters. The summed E-state index contributed by atoms with van der Waals surface area (Å²) in [6, 6.07) is 6.93. The van der Waals surface area contributed by atoms with Crippen LogP contribution in [0.15, 0.2) is 24.3 Å². The summed E-state index contributed by atoms with van der Waals surface area (Å²) < 4.78 is 10.4. The highest BCUT2D eigenvalue weighted by molar-refractivity contribution is 5.74. The lowest BCUT2D eigenvalue weighted by molar-refractivity contribution is -0.148. The lowest BCUT2D eigenvalue weighted by Crippen LogP contribution is -2.14. The molecule has 0 bridgehead atoms. The van der Waals surface area contributed by atoms with Crippen LogP contribution in [-0.4, -0.2) is 24.3 Å². The van der Waals surface area contributed by atoms with E-state index >= 15 is 0 Å². The van der Waals surface area contributed by atoms with Gasteiger partial charge < -0.3 is 14.6 Å². The fourth-order valence-corrected chi connectivity index (χ4v) is 1.40. The number of hydrogen-bond donors (Lipinski definition) is 1. The van der Waals surface area contributed by atoms with E-state index in [-0.39, 0.29) is 6.10 Å². The predicted octanol–water partition coefficient (Wildman–Crippen LogP) is 2.25. The standard InChI is InChI=1S/C12H16O4/c1-8(2)16-10-6-4-5-9(7-10)11(15-3)12(13)14/h4-8,11H,1-3H3,(H,13,14). The summed E-state index contributed by atoms with van der Waals surface area (Å²) in [7, 11) is 1.37. The molecule has 16 heavy (non-hydrogen) atoms. The second-order valence-electron chi connectivity index (χ2n) is 3.69. The minimum Gasteiger partial charge on any atom is -0.491 e. The van der Waals surface area contributed by atoms with Crippen molar-refractivity contribution in [2.24, 2.45) is 0 Å². The van der Waals surface area contributed by atoms with Crippen LogP contribution in [-0.2, 0) is 9.53 Å². The van der Waals surface area contributed by atoms with Crippen LogP contribution in [0.4, 0.5) is 0 Å². The zero-order chi connectivity index (χ0) is 12.1. The van der Waals surface area contributed by atoms with Gasteiger partial charge in [-0.3, -0.25) is 0 Å². The molecular weight excluding hydrogens is 208 g/mol. The van der Waals surface area contributed by atoms with Gasteiger partial charge in [0.25, 0.3) is 0 Å². The summed E-state index contributed by atoms with van der Waals surface area (Å²) in [6.45, 7) is 3.83. The van der Waals surface area contributed by atoms with E-state index in [4.69, 9.17) is 14.6 Å². The zero-order valence-corrected chi connectivity index (χ0v) is 9.64. The van der Waals surface area contributed by atoms with Crippen LogP contribution in [0.5, 0.6) is 5.75 Å². The Balaban J connectivity index is 2.92. The van der Waals surface area contributed by atoms with Gasteiger partial charge in [0.2, 0.25) is 0 Å². The Morgan fingerprint density at radius 2 is 2.06 bits per heavy atom. The van der Waals surface area contributed by atoms with E-state index in [0.29, 0.717) is 11.3 Å². The summed E-state index contributed by atoms with van der Waals surface area (Å²) >= 11 is 0. The summed E-state index contributed by atoms with van der Waals surface area (Å²) in [4.78, 5) is 10.9. The van der Waals surface area contributed by atoms with Crippen LogP contribution < -0.4 is 4.74 Å². The van der Waals surface area contributed by atoms with Gasteiger partial charge in [-0.25, -0.2) is 4.79 Å². The molecule has 0 saturated heterocycles. The highest BCUT2D eigenvalue weighted by Crippen LogP contribution is 2.22. The highest BCUT2D eigenvalue weighted by atomic mass is 16.5. The first-order valence-electron chi connectivity index (χ1n) is 5.06.